The van der Waals surface area contributed by atoms with Gasteiger partial charge in [0.15, 0.2) is 0 Å². The smallest absolute Gasteiger partial charge is 0.299 e. The summed E-state index contributed by atoms with van der Waals surface area (Å²) in [6.45, 7) is 3.10. The second kappa shape index (κ2) is 7.20. The van der Waals surface area contributed by atoms with Gasteiger partial charge in [-0.25, -0.2) is 0 Å². The Morgan fingerprint density at radius 3 is 2.83 bits per heavy atom. The molecule has 0 bridgehead atoms. The van der Waals surface area contributed by atoms with E-state index in [0.717, 1.165) is 6.42 Å². The summed E-state index contributed by atoms with van der Waals surface area (Å²) in [5, 5.41) is 0. The van der Waals surface area contributed by atoms with Crippen molar-refractivity contribution in [1.29, 1.82) is 0 Å². The van der Waals surface area contributed by atoms with Crippen LogP contribution >= 0.6 is 0 Å². The van der Waals surface area contributed by atoms with E-state index in [1.807, 2.05) is 6.92 Å². The summed E-state index contributed by atoms with van der Waals surface area (Å²) in [6.07, 6.45) is 0.737. The first-order valence-electron chi connectivity index (χ1n) is 5.77. The van der Waals surface area contributed by atoms with Crippen molar-refractivity contribution in [1.82, 2.24) is 4.72 Å². The van der Waals surface area contributed by atoms with E-state index in [1.165, 1.54) is 0 Å². The van der Waals surface area contributed by atoms with E-state index >= 15 is 0 Å². The quantitative estimate of drug-likeness (QED) is 0.649. The van der Waals surface area contributed by atoms with E-state index in [-0.39, 0.29) is 0 Å². The summed E-state index contributed by atoms with van der Waals surface area (Å²) < 4.78 is 33.4. The van der Waals surface area contributed by atoms with Gasteiger partial charge in [-0.05, 0) is 18.6 Å². The van der Waals surface area contributed by atoms with Crippen molar-refractivity contribution >= 4 is 15.9 Å². The molecule has 7 heteroatoms. The number of rotatable bonds is 8. The van der Waals surface area contributed by atoms with Crippen molar-refractivity contribution in [2.45, 2.75) is 13.3 Å². The molecular weight excluding hydrogens is 254 g/mol. The molecule has 0 unspecified atom stereocenters. The molecular formula is C11H19N3O3S. The van der Waals surface area contributed by atoms with E-state index in [9.17, 15) is 8.42 Å². The Labute approximate surface area is 108 Å². The molecule has 0 amide bonds. The topological polar surface area (TPSA) is 93.5 Å². The first kappa shape index (κ1) is 14.7. The molecule has 0 heterocycles. The Morgan fingerprint density at radius 2 is 2.17 bits per heavy atom. The summed E-state index contributed by atoms with van der Waals surface area (Å²) in [5.41, 5.74) is 5.78. The molecule has 0 saturated carbocycles. The zero-order valence-corrected chi connectivity index (χ0v) is 11.2. The predicted octanol–water partition coefficient (Wildman–Crippen LogP) is 0.680. The Hall–Kier alpha value is -1.31. The van der Waals surface area contributed by atoms with Crippen LogP contribution in [0.5, 0.6) is 5.75 Å². The fourth-order valence-corrected chi connectivity index (χ4v) is 2.24. The lowest BCUT2D eigenvalue weighted by Gasteiger charge is -2.10. The molecule has 0 aliphatic carbocycles. The highest BCUT2D eigenvalue weighted by Crippen LogP contribution is 2.17. The molecule has 0 aromatic heterocycles. The largest absolute Gasteiger partial charge is 0.492 e. The Morgan fingerprint density at radius 1 is 1.39 bits per heavy atom. The molecule has 1 aromatic carbocycles. The lowest BCUT2D eigenvalue weighted by molar-refractivity contribution is 0.328. The summed E-state index contributed by atoms with van der Waals surface area (Å²) in [5.74, 6) is 0.580. The number of anilines is 1. The second-order valence-corrected chi connectivity index (χ2v) is 5.16. The van der Waals surface area contributed by atoms with Crippen LogP contribution in [0.2, 0.25) is 0 Å². The molecule has 0 radical (unpaired) electrons. The van der Waals surface area contributed by atoms with Crippen LogP contribution in [0, 0.1) is 0 Å². The monoisotopic (exact) mass is 273 g/mol. The van der Waals surface area contributed by atoms with Crippen molar-refractivity contribution in [2.24, 2.45) is 5.73 Å². The van der Waals surface area contributed by atoms with Crippen molar-refractivity contribution in [3.05, 3.63) is 24.3 Å². The molecule has 1 rings (SSSR count). The fraction of sp³-hybridized carbons (Fsp3) is 0.455. The minimum Gasteiger partial charge on any atom is -0.492 e. The van der Waals surface area contributed by atoms with Crippen LogP contribution in [0.3, 0.4) is 0 Å². The van der Waals surface area contributed by atoms with Gasteiger partial charge in [-0.15, -0.1) is 0 Å². The first-order valence-corrected chi connectivity index (χ1v) is 7.26. The Kier molecular flexibility index (Phi) is 5.90. The predicted molar refractivity (Wildman–Crippen MR) is 71.8 cm³/mol. The van der Waals surface area contributed by atoms with Crippen LogP contribution in [0.15, 0.2) is 24.3 Å². The number of benzene rings is 1. The number of hydrogen-bond acceptors (Lipinski definition) is 4. The summed E-state index contributed by atoms with van der Waals surface area (Å²) >= 11 is 0. The van der Waals surface area contributed by atoms with Crippen LogP contribution in [-0.2, 0) is 10.2 Å². The summed E-state index contributed by atoms with van der Waals surface area (Å²) in [7, 11) is -3.51. The molecule has 0 saturated heterocycles. The SMILES string of the molecule is CCCNS(=O)(=O)Nc1cccc(OCCN)c1. The maximum Gasteiger partial charge on any atom is 0.299 e. The molecule has 4 N–H and O–H groups in total. The zero-order chi connectivity index (χ0) is 13.4. The summed E-state index contributed by atoms with van der Waals surface area (Å²) in [6, 6.07) is 6.72. The van der Waals surface area contributed by atoms with E-state index in [2.05, 4.69) is 9.44 Å². The van der Waals surface area contributed by atoms with E-state index < -0.39 is 10.2 Å². The van der Waals surface area contributed by atoms with Crippen LogP contribution in [0.1, 0.15) is 13.3 Å². The number of nitrogens with two attached hydrogens (primary N) is 1. The number of nitrogens with one attached hydrogen (secondary N) is 2. The van der Waals surface area contributed by atoms with Gasteiger partial charge in [-0.3, -0.25) is 4.72 Å². The third kappa shape index (κ3) is 5.35. The maximum atomic E-state index is 11.6. The zero-order valence-electron chi connectivity index (χ0n) is 10.3. The molecule has 6 nitrogen and oxygen atoms in total. The van der Waals surface area contributed by atoms with Crippen LogP contribution in [0.4, 0.5) is 5.69 Å². The van der Waals surface area contributed by atoms with Crippen LogP contribution in [-0.4, -0.2) is 28.1 Å². The van der Waals surface area contributed by atoms with Gasteiger partial charge in [0.1, 0.15) is 12.4 Å². The lowest BCUT2D eigenvalue weighted by Crippen LogP contribution is -2.30. The highest BCUT2D eigenvalue weighted by molar-refractivity contribution is 7.90. The van der Waals surface area contributed by atoms with Crippen molar-refractivity contribution in [3.8, 4) is 5.75 Å². The van der Waals surface area contributed by atoms with E-state index in [0.29, 0.717) is 31.1 Å². The molecule has 0 aliphatic rings. The molecule has 0 aliphatic heterocycles. The van der Waals surface area contributed by atoms with Gasteiger partial charge in [-0.2, -0.15) is 13.1 Å². The summed E-state index contributed by atoms with van der Waals surface area (Å²) in [4.78, 5) is 0. The van der Waals surface area contributed by atoms with Gasteiger partial charge in [0.25, 0.3) is 10.2 Å². The Balaban J connectivity index is 2.66. The number of hydrogen-bond donors (Lipinski definition) is 3. The van der Waals surface area contributed by atoms with Crippen LogP contribution < -0.4 is 19.9 Å². The minimum atomic E-state index is -3.51. The second-order valence-electron chi connectivity index (χ2n) is 3.66. The molecule has 0 fully saturated rings. The van der Waals surface area contributed by atoms with Gasteiger partial charge in [-0.1, -0.05) is 13.0 Å². The molecule has 18 heavy (non-hydrogen) atoms. The van der Waals surface area contributed by atoms with Crippen molar-refractivity contribution in [3.63, 3.8) is 0 Å². The average molecular weight is 273 g/mol. The molecule has 0 atom stereocenters. The highest BCUT2D eigenvalue weighted by Gasteiger charge is 2.08. The fourth-order valence-electron chi connectivity index (χ4n) is 1.25. The van der Waals surface area contributed by atoms with E-state index in [1.54, 1.807) is 24.3 Å². The van der Waals surface area contributed by atoms with E-state index in [4.69, 9.17) is 10.5 Å². The van der Waals surface area contributed by atoms with Gasteiger partial charge in [0.2, 0.25) is 0 Å². The number of ether oxygens (including phenoxy) is 1. The maximum absolute atomic E-state index is 11.6. The van der Waals surface area contributed by atoms with Crippen molar-refractivity contribution in [2.75, 3.05) is 24.4 Å². The molecule has 102 valence electrons. The normalized spacial score (nSPS) is 11.2. The van der Waals surface area contributed by atoms with Gasteiger partial charge in [0, 0.05) is 19.2 Å². The van der Waals surface area contributed by atoms with Gasteiger partial charge >= 0.3 is 0 Å². The van der Waals surface area contributed by atoms with Crippen molar-refractivity contribution < 1.29 is 13.2 Å². The Bertz CT molecular complexity index is 462. The highest BCUT2D eigenvalue weighted by atomic mass is 32.2. The lowest BCUT2D eigenvalue weighted by atomic mass is 10.3. The minimum absolute atomic E-state index is 0.393. The third-order valence-corrected chi connectivity index (χ3v) is 3.10. The van der Waals surface area contributed by atoms with Gasteiger partial charge < -0.3 is 10.5 Å². The molecule has 1 aromatic rings. The standard InChI is InChI=1S/C11H19N3O3S/c1-2-7-13-18(15,16)14-10-4-3-5-11(9-10)17-8-6-12/h3-5,9,13-14H,2,6-8,12H2,1H3. The molecule has 0 spiro atoms. The van der Waals surface area contributed by atoms with Crippen LogP contribution in [0.25, 0.3) is 0 Å². The first-order chi connectivity index (χ1) is 8.57. The van der Waals surface area contributed by atoms with Gasteiger partial charge in [0.05, 0.1) is 5.69 Å². The average Bonchev–Trinajstić information content (AvgIpc) is 2.34. The third-order valence-electron chi connectivity index (χ3n) is 2.01.